The standard InChI is InChI=1S/C12H12F3N3O/c1-7(19)18(2)6-11-16-9-4-3-8(12(13,14)15)5-10(9)17-11/h3-5H,6H2,1-2H3,(H,16,17). The van der Waals surface area contributed by atoms with Gasteiger partial charge in [0.2, 0.25) is 5.91 Å². The van der Waals surface area contributed by atoms with E-state index in [9.17, 15) is 18.0 Å². The molecule has 7 heteroatoms. The maximum Gasteiger partial charge on any atom is 0.416 e. The van der Waals surface area contributed by atoms with Gasteiger partial charge in [0.1, 0.15) is 5.82 Å². The number of nitrogens with zero attached hydrogens (tertiary/aromatic N) is 2. The van der Waals surface area contributed by atoms with Gasteiger partial charge in [-0.3, -0.25) is 4.79 Å². The van der Waals surface area contributed by atoms with Crippen molar-refractivity contribution in [3.63, 3.8) is 0 Å². The maximum atomic E-state index is 12.6. The molecule has 0 saturated heterocycles. The molecule has 0 saturated carbocycles. The molecule has 0 spiro atoms. The number of rotatable bonds is 2. The van der Waals surface area contributed by atoms with Crippen molar-refractivity contribution >= 4 is 16.9 Å². The highest BCUT2D eigenvalue weighted by molar-refractivity contribution is 5.76. The van der Waals surface area contributed by atoms with E-state index in [1.54, 1.807) is 7.05 Å². The van der Waals surface area contributed by atoms with Crippen LogP contribution in [0.15, 0.2) is 18.2 Å². The minimum Gasteiger partial charge on any atom is -0.340 e. The molecule has 0 aliphatic rings. The van der Waals surface area contributed by atoms with E-state index in [-0.39, 0.29) is 12.5 Å². The minimum absolute atomic E-state index is 0.142. The number of halogens is 3. The second-order valence-electron chi connectivity index (χ2n) is 4.29. The van der Waals surface area contributed by atoms with E-state index in [1.807, 2.05) is 0 Å². The number of hydrogen-bond acceptors (Lipinski definition) is 2. The van der Waals surface area contributed by atoms with Crippen molar-refractivity contribution in [3.8, 4) is 0 Å². The molecule has 1 heterocycles. The second kappa shape index (κ2) is 4.56. The zero-order valence-electron chi connectivity index (χ0n) is 10.4. The van der Waals surface area contributed by atoms with Gasteiger partial charge in [0, 0.05) is 14.0 Å². The number of carbonyl (C=O) groups excluding carboxylic acids is 1. The summed E-state index contributed by atoms with van der Waals surface area (Å²) in [4.78, 5) is 19.4. The molecule has 1 aromatic carbocycles. The summed E-state index contributed by atoms with van der Waals surface area (Å²) in [6.07, 6.45) is -4.38. The Morgan fingerprint density at radius 2 is 2.11 bits per heavy atom. The monoisotopic (exact) mass is 271 g/mol. The quantitative estimate of drug-likeness (QED) is 0.912. The van der Waals surface area contributed by atoms with Gasteiger partial charge in [-0.25, -0.2) is 4.98 Å². The lowest BCUT2D eigenvalue weighted by Gasteiger charge is -2.11. The van der Waals surface area contributed by atoms with Crippen LogP contribution in [0.4, 0.5) is 13.2 Å². The lowest BCUT2D eigenvalue weighted by Crippen LogP contribution is -2.23. The molecule has 1 aromatic heterocycles. The predicted octanol–water partition coefficient (Wildman–Crippen LogP) is 2.56. The topological polar surface area (TPSA) is 49.0 Å². The van der Waals surface area contributed by atoms with Crippen molar-refractivity contribution in [1.29, 1.82) is 0 Å². The van der Waals surface area contributed by atoms with E-state index in [4.69, 9.17) is 0 Å². The number of H-pyrrole nitrogens is 1. The van der Waals surface area contributed by atoms with Crippen LogP contribution in [0.1, 0.15) is 18.3 Å². The van der Waals surface area contributed by atoms with Crippen LogP contribution in [0.2, 0.25) is 0 Å². The lowest BCUT2D eigenvalue weighted by molar-refractivity contribution is -0.137. The van der Waals surface area contributed by atoms with Crippen molar-refractivity contribution in [2.24, 2.45) is 0 Å². The first-order valence-electron chi connectivity index (χ1n) is 5.55. The average Bonchev–Trinajstić information content (AvgIpc) is 2.68. The molecule has 0 radical (unpaired) electrons. The summed E-state index contributed by atoms with van der Waals surface area (Å²) in [6.45, 7) is 1.63. The van der Waals surface area contributed by atoms with Gasteiger partial charge in [-0.15, -0.1) is 0 Å². The van der Waals surface area contributed by atoms with Crippen LogP contribution in [0.5, 0.6) is 0 Å². The number of imidazole rings is 1. The molecule has 0 atom stereocenters. The Kier molecular flexibility index (Phi) is 3.21. The SMILES string of the molecule is CC(=O)N(C)Cc1nc2ccc(C(F)(F)F)cc2[nH]1. The van der Waals surface area contributed by atoms with Crippen molar-refractivity contribution in [2.45, 2.75) is 19.6 Å². The number of aromatic nitrogens is 2. The minimum atomic E-state index is -4.38. The zero-order chi connectivity index (χ0) is 14.2. The Labute approximate surface area is 107 Å². The van der Waals surface area contributed by atoms with Crippen molar-refractivity contribution in [2.75, 3.05) is 7.05 Å². The normalized spacial score (nSPS) is 11.8. The molecule has 0 fully saturated rings. The van der Waals surface area contributed by atoms with Crippen LogP contribution in [0, 0.1) is 0 Å². The number of amides is 1. The number of carbonyl (C=O) groups is 1. The number of fused-ring (bicyclic) bond motifs is 1. The first-order chi connectivity index (χ1) is 8.77. The third-order valence-corrected chi connectivity index (χ3v) is 2.78. The fraction of sp³-hybridized carbons (Fsp3) is 0.333. The Morgan fingerprint density at radius 1 is 1.42 bits per heavy atom. The van der Waals surface area contributed by atoms with Crippen LogP contribution < -0.4 is 0 Å². The molecule has 4 nitrogen and oxygen atoms in total. The Hall–Kier alpha value is -2.05. The summed E-state index contributed by atoms with van der Waals surface area (Å²) in [5.41, 5.74) is 0.0249. The number of hydrogen-bond donors (Lipinski definition) is 1. The molecule has 19 heavy (non-hydrogen) atoms. The summed E-state index contributed by atoms with van der Waals surface area (Å²) < 4.78 is 37.7. The number of alkyl halides is 3. The van der Waals surface area contributed by atoms with E-state index in [0.717, 1.165) is 12.1 Å². The van der Waals surface area contributed by atoms with Crippen molar-refractivity contribution in [3.05, 3.63) is 29.6 Å². The first-order valence-corrected chi connectivity index (χ1v) is 5.55. The highest BCUT2D eigenvalue weighted by atomic mass is 19.4. The van der Waals surface area contributed by atoms with E-state index in [1.165, 1.54) is 17.9 Å². The number of aromatic amines is 1. The van der Waals surface area contributed by atoms with E-state index in [0.29, 0.717) is 16.9 Å². The summed E-state index contributed by atoms with van der Waals surface area (Å²) in [7, 11) is 1.59. The smallest absolute Gasteiger partial charge is 0.340 e. The van der Waals surface area contributed by atoms with Crippen LogP contribution in [-0.2, 0) is 17.5 Å². The predicted molar refractivity (Wildman–Crippen MR) is 63.2 cm³/mol. The van der Waals surface area contributed by atoms with E-state index >= 15 is 0 Å². The van der Waals surface area contributed by atoms with Crippen molar-refractivity contribution < 1.29 is 18.0 Å². The van der Waals surface area contributed by atoms with Gasteiger partial charge in [-0.05, 0) is 18.2 Å². The third kappa shape index (κ3) is 2.86. The Morgan fingerprint density at radius 3 is 2.68 bits per heavy atom. The van der Waals surface area contributed by atoms with E-state index in [2.05, 4.69) is 9.97 Å². The summed E-state index contributed by atoms with van der Waals surface area (Å²) >= 11 is 0. The van der Waals surface area contributed by atoms with Crippen LogP contribution in [0.3, 0.4) is 0 Å². The summed E-state index contributed by atoms with van der Waals surface area (Å²) in [6, 6.07) is 3.31. The lowest BCUT2D eigenvalue weighted by atomic mass is 10.2. The van der Waals surface area contributed by atoms with Crippen LogP contribution in [0.25, 0.3) is 11.0 Å². The summed E-state index contributed by atoms with van der Waals surface area (Å²) in [5.74, 6) is 0.309. The third-order valence-electron chi connectivity index (χ3n) is 2.78. The summed E-state index contributed by atoms with van der Waals surface area (Å²) in [5, 5.41) is 0. The Bertz CT molecular complexity index is 618. The molecular formula is C12H12F3N3O. The average molecular weight is 271 g/mol. The van der Waals surface area contributed by atoms with Gasteiger partial charge < -0.3 is 9.88 Å². The van der Waals surface area contributed by atoms with E-state index < -0.39 is 11.7 Å². The second-order valence-corrected chi connectivity index (χ2v) is 4.29. The van der Waals surface area contributed by atoms with Crippen molar-refractivity contribution in [1.82, 2.24) is 14.9 Å². The van der Waals surface area contributed by atoms with Crippen LogP contribution >= 0.6 is 0 Å². The number of nitrogens with one attached hydrogen (secondary N) is 1. The Balaban J connectivity index is 2.33. The molecule has 0 aliphatic heterocycles. The number of benzene rings is 1. The highest BCUT2D eigenvalue weighted by Gasteiger charge is 2.30. The molecule has 1 N–H and O–H groups in total. The van der Waals surface area contributed by atoms with Gasteiger partial charge in [-0.1, -0.05) is 0 Å². The molecule has 102 valence electrons. The highest BCUT2D eigenvalue weighted by Crippen LogP contribution is 2.30. The van der Waals surface area contributed by atoms with Gasteiger partial charge >= 0.3 is 6.18 Å². The molecule has 0 bridgehead atoms. The largest absolute Gasteiger partial charge is 0.416 e. The maximum absolute atomic E-state index is 12.6. The molecule has 2 aromatic rings. The fourth-order valence-electron chi connectivity index (χ4n) is 1.65. The molecular weight excluding hydrogens is 259 g/mol. The first kappa shape index (κ1) is 13.4. The zero-order valence-corrected chi connectivity index (χ0v) is 10.4. The molecule has 2 rings (SSSR count). The molecule has 0 aliphatic carbocycles. The van der Waals surface area contributed by atoms with Gasteiger partial charge in [0.15, 0.2) is 0 Å². The molecule has 1 amide bonds. The van der Waals surface area contributed by atoms with Gasteiger partial charge in [-0.2, -0.15) is 13.2 Å². The molecule has 0 unspecified atom stereocenters. The van der Waals surface area contributed by atoms with Crippen LogP contribution in [-0.4, -0.2) is 27.8 Å². The fourth-order valence-corrected chi connectivity index (χ4v) is 1.65. The van der Waals surface area contributed by atoms with Gasteiger partial charge in [0.05, 0.1) is 23.1 Å². The van der Waals surface area contributed by atoms with Gasteiger partial charge in [0.25, 0.3) is 0 Å².